The summed E-state index contributed by atoms with van der Waals surface area (Å²) in [5.41, 5.74) is -0.562. The maximum atomic E-state index is 12.3. The summed E-state index contributed by atoms with van der Waals surface area (Å²) in [6, 6.07) is 0. The molecule has 3 aliphatic rings. The van der Waals surface area contributed by atoms with Crippen molar-refractivity contribution in [2.45, 2.75) is 37.9 Å². The maximum Gasteiger partial charge on any atom is 0.347 e. The lowest BCUT2D eigenvalue weighted by molar-refractivity contribution is 0.314. The van der Waals surface area contributed by atoms with Crippen LogP contribution < -0.4 is 11.4 Å². The summed E-state index contributed by atoms with van der Waals surface area (Å²) in [4.78, 5) is 24.6. The molecular weight excluding hydrogens is 254 g/mol. The molecule has 4 rings (SSSR count). The molecule has 0 aliphatic carbocycles. The van der Waals surface area contributed by atoms with Crippen LogP contribution in [0, 0.1) is 0 Å². The van der Waals surface area contributed by atoms with E-state index in [-0.39, 0.29) is 29.7 Å². The summed E-state index contributed by atoms with van der Waals surface area (Å²) in [6.45, 7) is 3.11. The topological polar surface area (TPSA) is 86.5 Å². The van der Waals surface area contributed by atoms with E-state index in [9.17, 15) is 9.59 Å². The Kier molecular flexibility index (Phi) is 2.44. The molecule has 19 heavy (non-hydrogen) atoms. The minimum absolute atomic E-state index is 0.00375. The predicted octanol–water partition coefficient (Wildman–Crippen LogP) is -1.99. The van der Waals surface area contributed by atoms with E-state index < -0.39 is 0 Å². The Morgan fingerprint density at radius 3 is 1.53 bits per heavy atom. The maximum absolute atomic E-state index is 12.3. The Bertz CT molecular complexity index is 557. The highest BCUT2D eigenvalue weighted by atomic mass is 16.6. The van der Waals surface area contributed by atoms with E-state index in [1.807, 2.05) is 0 Å². The zero-order valence-corrected chi connectivity index (χ0v) is 10.4. The molecule has 0 unspecified atom stereocenters. The predicted molar refractivity (Wildman–Crippen MR) is 62.2 cm³/mol. The Balaban J connectivity index is 1.70. The molecule has 0 N–H and O–H groups in total. The molecule has 1 aromatic rings. The van der Waals surface area contributed by atoms with Crippen molar-refractivity contribution in [2.24, 2.45) is 0 Å². The van der Waals surface area contributed by atoms with Crippen molar-refractivity contribution < 1.29 is 14.2 Å². The van der Waals surface area contributed by atoms with Gasteiger partial charge in [0.25, 0.3) is 0 Å². The SMILES string of the molecule is O=c1n(C[C@H]2CO2)c(=O)n(C[C@@H]2CO2)n1C[C@@H]1CO1. The number of hydrogen-bond acceptors (Lipinski definition) is 5. The van der Waals surface area contributed by atoms with Crippen LogP contribution in [0.3, 0.4) is 0 Å². The molecule has 3 saturated heterocycles. The van der Waals surface area contributed by atoms with E-state index in [0.717, 1.165) is 0 Å². The highest BCUT2D eigenvalue weighted by molar-refractivity contribution is 4.84. The fourth-order valence-electron chi connectivity index (χ4n) is 2.19. The molecule has 3 fully saturated rings. The van der Waals surface area contributed by atoms with E-state index in [4.69, 9.17) is 14.2 Å². The number of hydrogen-bond donors (Lipinski definition) is 0. The van der Waals surface area contributed by atoms with Crippen LogP contribution in [-0.2, 0) is 33.8 Å². The third-order valence-electron chi connectivity index (χ3n) is 3.54. The largest absolute Gasteiger partial charge is 0.371 e. The molecule has 0 amide bonds. The lowest BCUT2D eigenvalue weighted by atomic mass is 10.5. The number of nitrogens with zero attached hydrogens (tertiary/aromatic N) is 3. The Hall–Kier alpha value is -1.38. The molecular formula is C11H15N3O5. The molecule has 0 saturated carbocycles. The fraction of sp³-hybridized carbons (Fsp3) is 0.818. The number of rotatable bonds is 6. The van der Waals surface area contributed by atoms with Gasteiger partial charge in [0.05, 0.1) is 45.6 Å². The van der Waals surface area contributed by atoms with Gasteiger partial charge in [-0.25, -0.2) is 23.5 Å². The molecule has 104 valence electrons. The van der Waals surface area contributed by atoms with E-state index >= 15 is 0 Å². The van der Waals surface area contributed by atoms with E-state index in [0.29, 0.717) is 39.5 Å². The fourth-order valence-corrected chi connectivity index (χ4v) is 2.19. The highest BCUT2D eigenvalue weighted by Crippen LogP contribution is 2.14. The molecule has 0 aromatic carbocycles. The number of ether oxygens (including phenoxy) is 3. The van der Waals surface area contributed by atoms with Crippen molar-refractivity contribution in [3.63, 3.8) is 0 Å². The van der Waals surface area contributed by atoms with Crippen LogP contribution >= 0.6 is 0 Å². The summed E-state index contributed by atoms with van der Waals surface area (Å²) < 4.78 is 19.6. The zero-order chi connectivity index (χ0) is 13.0. The molecule has 3 atom stereocenters. The molecule has 0 spiro atoms. The molecule has 8 nitrogen and oxygen atoms in total. The monoisotopic (exact) mass is 269 g/mol. The first-order valence-electron chi connectivity index (χ1n) is 6.47. The average molecular weight is 269 g/mol. The second-order valence-electron chi connectivity index (χ2n) is 5.21. The summed E-state index contributed by atoms with van der Waals surface area (Å²) in [5, 5.41) is 0. The molecule has 8 heteroatoms. The van der Waals surface area contributed by atoms with Gasteiger partial charge in [-0.05, 0) is 0 Å². The summed E-state index contributed by atoms with van der Waals surface area (Å²) >= 11 is 0. The third kappa shape index (κ3) is 2.26. The standard InChI is InChI=1S/C11H15N3O5/c15-10-12(1-7-4-17-7)11(16)14(3-9-6-19-9)13(10)2-8-5-18-8/h7-9H,1-6H2/t7-,8+,9+/m0/s1. The van der Waals surface area contributed by atoms with Crippen LogP contribution in [-0.4, -0.2) is 52.1 Å². The number of epoxide rings is 3. The van der Waals surface area contributed by atoms with Crippen LogP contribution in [0.2, 0.25) is 0 Å². The number of aromatic nitrogens is 3. The van der Waals surface area contributed by atoms with Crippen molar-refractivity contribution in [3.05, 3.63) is 21.0 Å². The van der Waals surface area contributed by atoms with Gasteiger partial charge >= 0.3 is 11.4 Å². The summed E-state index contributed by atoms with van der Waals surface area (Å²) in [6.07, 6.45) is 0.108. The minimum atomic E-state index is -0.281. The molecule has 4 heterocycles. The lowest BCUT2D eigenvalue weighted by Crippen LogP contribution is -2.31. The van der Waals surface area contributed by atoms with Crippen molar-refractivity contribution in [1.29, 1.82) is 0 Å². The van der Waals surface area contributed by atoms with Crippen molar-refractivity contribution in [1.82, 2.24) is 13.9 Å². The van der Waals surface area contributed by atoms with Gasteiger partial charge in [-0.3, -0.25) is 0 Å². The Morgan fingerprint density at radius 2 is 1.16 bits per heavy atom. The highest BCUT2D eigenvalue weighted by Gasteiger charge is 2.32. The Labute approximate surface area is 108 Å². The van der Waals surface area contributed by atoms with Gasteiger partial charge in [-0.2, -0.15) is 0 Å². The van der Waals surface area contributed by atoms with Crippen molar-refractivity contribution >= 4 is 0 Å². The first-order chi connectivity index (χ1) is 9.22. The first kappa shape index (κ1) is 11.4. The molecule has 0 bridgehead atoms. The van der Waals surface area contributed by atoms with Crippen molar-refractivity contribution in [3.8, 4) is 0 Å². The average Bonchev–Trinajstić information content (AvgIpc) is 3.26. The van der Waals surface area contributed by atoms with Gasteiger partial charge in [0.1, 0.15) is 12.2 Å². The van der Waals surface area contributed by atoms with Gasteiger partial charge in [-0.1, -0.05) is 0 Å². The van der Waals surface area contributed by atoms with Crippen LogP contribution in [0.5, 0.6) is 0 Å². The van der Waals surface area contributed by atoms with Crippen LogP contribution in [0.1, 0.15) is 0 Å². The van der Waals surface area contributed by atoms with Gasteiger partial charge in [0, 0.05) is 0 Å². The summed E-state index contributed by atoms with van der Waals surface area (Å²) in [5.74, 6) is 0. The van der Waals surface area contributed by atoms with Gasteiger partial charge in [0.15, 0.2) is 0 Å². The molecule has 0 radical (unpaired) electrons. The molecule has 3 aliphatic heterocycles. The zero-order valence-electron chi connectivity index (χ0n) is 10.4. The van der Waals surface area contributed by atoms with E-state index in [2.05, 4.69) is 0 Å². The smallest absolute Gasteiger partial charge is 0.347 e. The second-order valence-corrected chi connectivity index (χ2v) is 5.21. The molecule has 1 aromatic heterocycles. The quantitative estimate of drug-likeness (QED) is 0.558. The Morgan fingerprint density at radius 1 is 0.789 bits per heavy atom. The van der Waals surface area contributed by atoms with Crippen LogP contribution in [0.25, 0.3) is 0 Å². The summed E-state index contributed by atoms with van der Waals surface area (Å²) in [7, 11) is 0. The minimum Gasteiger partial charge on any atom is -0.371 e. The van der Waals surface area contributed by atoms with Crippen LogP contribution in [0.4, 0.5) is 0 Å². The van der Waals surface area contributed by atoms with Gasteiger partial charge in [-0.15, -0.1) is 0 Å². The first-order valence-corrected chi connectivity index (χ1v) is 6.47. The lowest BCUT2D eigenvalue weighted by Gasteiger charge is -2.05. The second kappa shape index (κ2) is 4.06. The van der Waals surface area contributed by atoms with Gasteiger partial charge < -0.3 is 14.2 Å². The van der Waals surface area contributed by atoms with E-state index in [1.165, 1.54) is 13.9 Å². The van der Waals surface area contributed by atoms with Crippen molar-refractivity contribution in [2.75, 3.05) is 19.8 Å². The van der Waals surface area contributed by atoms with Gasteiger partial charge in [0.2, 0.25) is 0 Å². The van der Waals surface area contributed by atoms with E-state index in [1.54, 1.807) is 0 Å². The van der Waals surface area contributed by atoms with Crippen LogP contribution in [0.15, 0.2) is 9.59 Å². The third-order valence-corrected chi connectivity index (χ3v) is 3.54. The normalized spacial score (nSPS) is 31.5.